The van der Waals surface area contributed by atoms with Crippen LogP contribution in [0.4, 0.5) is 0 Å². The first kappa shape index (κ1) is 14.7. The Morgan fingerprint density at radius 3 is 2.71 bits per heavy atom. The van der Waals surface area contributed by atoms with Gasteiger partial charge in [0.2, 0.25) is 0 Å². The topological polar surface area (TPSA) is 18.5 Å². The third kappa shape index (κ3) is 6.23. The minimum absolute atomic E-state index is 0.00757. The van der Waals surface area contributed by atoms with Gasteiger partial charge in [-0.1, -0.05) is 58.1 Å². The SMILES string of the molecule is CCCCCCC1C=CCOC1OCCCC. The smallest absolute Gasteiger partial charge is 0.164 e. The van der Waals surface area contributed by atoms with Gasteiger partial charge in [0.25, 0.3) is 0 Å². The lowest BCUT2D eigenvalue weighted by atomic mass is 9.98. The number of rotatable bonds is 9. The Balaban J connectivity index is 2.21. The third-order valence-corrected chi connectivity index (χ3v) is 3.26. The quantitative estimate of drug-likeness (QED) is 0.442. The fourth-order valence-electron chi connectivity index (χ4n) is 2.15. The van der Waals surface area contributed by atoms with Crippen molar-refractivity contribution in [2.24, 2.45) is 5.92 Å². The number of hydrogen-bond donors (Lipinski definition) is 0. The van der Waals surface area contributed by atoms with Crippen molar-refractivity contribution in [3.8, 4) is 0 Å². The van der Waals surface area contributed by atoms with E-state index < -0.39 is 0 Å². The molecule has 2 atom stereocenters. The molecular formula is C15H28O2. The van der Waals surface area contributed by atoms with Gasteiger partial charge >= 0.3 is 0 Å². The number of unbranched alkanes of at least 4 members (excludes halogenated alkanes) is 4. The van der Waals surface area contributed by atoms with Gasteiger partial charge in [-0.15, -0.1) is 0 Å². The van der Waals surface area contributed by atoms with Gasteiger partial charge < -0.3 is 9.47 Å². The maximum absolute atomic E-state index is 5.82. The Hall–Kier alpha value is -0.340. The summed E-state index contributed by atoms with van der Waals surface area (Å²) in [6.07, 6.45) is 13.2. The van der Waals surface area contributed by atoms with Gasteiger partial charge in [-0.3, -0.25) is 0 Å². The average molecular weight is 240 g/mol. The molecule has 0 saturated carbocycles. The molecule has 0 aromatic heterocycles. The Morgan fingerprint density at radius 1 is 1.12 bits per heavy atom. The summed E-state index contributed by atoms with van der Waals surface area (Å²) >= 11 is 0. The Morgan fingerprint density at radius 2 is 1.94 bits per heavy atom. The van der Waals surface area contributed by atoms with Crippen molar-refractivity contribution in [1.82, 2.24) is 0 Å². The zero-order valence-corrected chi connectivity index (χ0v) is 11.5. The summed E-state index contributed by atoms with van der Waals surface area (Å²) in [7, 11) is 0. The van der Waals surface area contributed by atoms with Crippen LogP contribution in [0.15, 0.2) is 12.2 Å². The highest BCUT2D eigenvalue weighted by Gasteiger charge is 2.22. The van der Waals surface area contributed by atoms with Crippen LogP contribution in [0.5, 0.6) is 0 Å². The molecule has 2 nitrogen and oxygen atoms in total. The monoisotopic (exact) mass is 240 g/mol. The van der Waals surface area contributed by atoms with E-state index in [4.69, 9.17) is 9.47 Å². The molecule has 0 N–H and O–H groups in total. The standard InChI is InChI=1S/C15H28O2/c1-3-5-7-8-10-14-11-9-13-17-15(14)16-12-6-4-2/h9,11,14-15H,3-8,10,12-13H2,1-2H3. The molecular weight excluding hydrogens is 212 g/mol. The first-order valence-electron chi connectivity index (χ1n) is 7.28. The van der Waals surface area contributed by atoms with Crippen LogP contribution in [0, 0.1) is 5.92 Å². The molecule has 0 saturated heterocycles. The molecule has 1 heterocycles. The van der Waals surface area contributed by atoms with Gasteiger partial charge in [0, 0.05) is 12.5 Å². The Bertz CT molecular complexity index is 201. The molecule has 2 unspecified atom stereocenters. The van der Waals surface area contributed by atoms with Crippen molar-refractivity contribution in [1.29, 1.82) is 0 Å². The molecule has 0 fully saturated rings. The van der Waals surface area contributed by atoms with E-state index in [1.54, 1.807) is 0 Å². The lowest BCUT2D eigenvalue weighted by molar-refractivity contribution is -0.164. The molecule has 2 heteroatoms. The second-order valence-electron chi connectivity index (χ2n) is 4.87. The maximum atomic E-state index is 5.82. The van der Waals surface area contributed by atoms with Gasteiger partial charge in [0.1, 0.15) is 0 Å². The fourth-order valence-corrected chi connectivity index (χ4v) is 2.15. The summed E-state index contributed by atoms with van der Waals surface area (Å²) in [5.41, 5.74) is 0. The maximum Gasteiger partial charge on any atom is 0.164 e. The van der Waals surface area contributed by atoms with Gasteiger partial charge in [0.15, 0.2) is 6.29 Å². The van der Waals surface area contributed by atoms with Crippen molar-refractivity contribution in [2.75, 3.05) is 13.2 Å². The highest BCUT2D eigenvalue weighted by molar-refractivity contribution is 4.94. The second kappa shape index (κ2) is 9.67. The number of ether oxygens (including phenoxy) is 2. The van der Waals surface area contributed by atoms with Gasteiger partial charge in [-0.05, 0) is 12.8 Å². The van der Waals surface area contributed by atoms with Crippen LogP contribution >= 0.6 is 0 Å². The molecule has 0 radical (unpaired) electrons. The van der Waals surface area contributed by atoms with E-state index in [1.807, 2.05) is 0 Å². The zero-order chi connectivity index (χ0) is 12.3. The minimum atomic E-state index is 0.00757. The van der Waals surface area contributed by atoms with Crippen LogP contribution in [-0.2, 0) is 9.47 Å². The van der Waals surface area contributed by atoms with E-state index >= 15 is 0 Å². The van der Waals surface area contributed by atoms with Crippen LogP contribution in [0.3, 0.4) is 0 Å². The van der Waals surface area contributed by atoms with E-state index in [-0.39, 0.29) is 6.29 Å². The van der Waals surface area contributed by atoms with Crippen molar-refractivity contribution in [2.45, 2.75) is 65.1 Å². The summed E-state index contributed by atoms with van der Waals surface area (Å²) in [6.45, 7) is 5.98. The highest BCUT2D eigenvalue weighted by Crippen LogP contribution is 2.22. The second-order valence-corrected chi connectivity index (χ2v) is 4.87. The normalized spacial score (nSPS) is 24.1. The summed E-state index contributed by atoms with van der Waals surface area (Å²) in [5, 5.41) is 0. The van der Waals surface area contributed by atoms with Crippen molar-refractivity contribution in [3.63, 3.8) is 0 Å². The molecule has 1 aliphatic heterocycles. The van der Waals surface area contributed by atoms with E-state index in [2.05, 4.69) is 26.0 Å². The molecule has 17 heavy (non-hydrogen) atoms. The van der Waals surface area contributed by atoms with E-state index in [0.717, 1.165) is 13.0 Å². The molecule has 0 amide bonds. The van der Waals surface area contributed by atoms with Crippen molar-refractivity contribution in [3.05, 3.63) is 12.2 Å². The predicted molar refractivity (Wildman–Crippen MR) is 72.0 cm³/mol. The molecule has 1 aliphatic rings. The third-order valence-electron chi connectivity index (χ3n) is 3.26. The number of hydrogen-bond acceptors (Lipinski definition) is 2. The van der Waals surface area contributed by atoms with Crippen LogP contribution in [0.1, 0.15) is 58.8 Å². The first-order valence-corrected chi connectivity index (χ1v) is 7.28. The van der Waals surface area contributed by atoms with E-state index in [1.165, 1.54) is 38.5 Å². The summed E-state index contributed by atoms with van der Waals surface area (Å²) in [5.74, 6) is 0.470. The summed E-state index contributed by atoms with van der Waals surface area (Å²) < 4.78 is 11.5. The van der Waals surface area contributed by atoms with Gasteiger partial charge in [-0.25, -0.2) is 0 Å². The van der Waals surface area contributed by atoms with Crippen LogP contribution in [0.25, 0.3) is 0 Å². The molecule has 1 rings (SSSR count). The Kier molecular flexibility index (Phi) is 8.37. The van der Waals surface area contributed by atoms with E-state index in [9.17, 15) is 0 Å². The fraction of sp³-hybridized carbons (Fsp3) is 0.867. The molecule has 0 bridgehead atoms. The van der Waals surface area contributed by atoms with Crippen LogP contribution in [0.2, 0.25) is 0 Å². The largest absolute Gasteiger partial charge is 0.352 e. The lowest BCUT2D eigenvalue weighted by Gasteiger charge is -2.28. The summed E-state index contributed by atoms with van der Waals surface area (Å²) in [4.78, 5) is 0. The summed E-state index contributed by atoms with van der Waals surface area (Å²) in [6, 6.07) is 0. The highest BCUT2D eigenvalue weighted by atomic mass is 16.7. The van der Waals surface area contributed by atoms with Crippen molar-refractivity contribution < 1.29 is 9.47 Å². The minimum Gasteiger partial charge on any atom is -0.352 e. The molecule has 0 aliphatic carbocycles. The molecule has 0 spiro atoms. The molecule has 0 aromatic rings. The average Bonchev–Trinajstić information content (AvgIpc) is 2.36. The lowest BCUT2D eigenvalue weighted by Crippen LogP contribution is -2.29. The van der Waals surface area contributed by atoms with Gasteiger partial charge in [0.05, 0.1) is 6.61 Å². The molecule has 100 valence electrons. The predicted octanol–water partition coefficient (Wildman–Crippen LogP) is 4.30. The molecule has 0 aromatic carbocycles. The van der Waals surface area contributed by atoms with Crippen LogP contribution in [-0.4, -0.2) is 19.5 Å². The van der Waals surface area contributed by atoms with Crippen LogP contribution < -0.4 is 0 Å². The Labute approximate surface area is 106 Å². The first-order chi connectivity index (χ1) is 8.38. The van der Waals surface area contributed by atoms with Crippen molar-refractivity contribution >= 4 is 0 Å². The zero-order valence-electron chi connectivity index (χ0n) is 11.5. The van der Waals surface area contributed by atoms with E-state index in [0.29, 0.717) is 12.5 Å². The van der Waals surface area contributed by atoms with Gasteiger partial charge in [-0.2, -0.15) is 0 Å².